The van der Waals surface area contributed by atoms with Crippen LogP contribution in [-0.2, 0) is 12.7 Å². The van der Waals surface area contributed by atoms with Gasteiger partial charge in [-0.2, -0.15) is 13.2 Å². The fraction of sp³-hybridized carbons (Fsp3) is 0.714. The second kappa shape index (κ2) is 6.27. The Morgan fingerprint density at radius 3 is 2.67 bits per heavy atom. The van der Waals surface area contributed by atoms with E-state index in [1.807, 2.05) is 7.05 Å². The van der Waals surface area contributed by atoms with E-state index in [1.165, 1.54) is 19.0 Å². The van der Waals surface area contributed by atoms with Gasteiger partial charge in [0.1, 0.15) is 0 Å². The van der Waals surface area contributed by atoms with E-state index >= 15 is 0 Å². The monoisotopic (exact) mass is 302 g/mol. The molecule has 0 bridgehead atoms. The number of aromatic nitrogens is 2. The van der Waals surface area contributed by atoms with Crippen molar-refractivity contribution in [3.8, 4) is 0 Å². The highest BCUT2D eigenvalue weighted by Crippen LogP contribution is 2.26. The van der Waals surface area contributed by atoms with Crippen LogP contribution in [0, 0.1) is 6.92 Å². The Morgan fingerprint density at radius 2 is 2.14 bits per heavy atom. The molecule has 1 atom stereocenters. The summed E-state index contributed by atoms with van der Waals surface area (Å²) >= 11 is 0. The topological polar surface area (TPSA) is 32.3 Å². The smallest absolute Gasteiger partial charge is 0.302 e. The molecule has 1 saturated heterocycles. The van der Waals surface area contributed by atoms with Gasteiger partial charge < -0.3 is 9.80 Å². The lowest BCUT2D eigenvalue weighted by Gasteiger charge is -2.26. The molecule has 2 rings (SSSR count). The van der Waals surface area contributed by atoms with Crippen LogP contribution >= 0.6 is 0 Å². The van der Waals surface area contributed by atoms with Gasteiger partial charge in [0.2, 0.25) is 5.82 Å². The van der Waals surface area contributed by atoms with Gasteiger partial charge in [-0.3, -0.25) is 0 Å². The number of alkyl halides is 3. The molecule has 2 heterocycles. The number of likely N-dealkylation sites (N-methyl/N-ethyl adjacent to an activating group) is 2. The van der Waals surface area contributed by atoms with E-state index in [-0.39, 0.29) is 0 Å². The fourth-order valence-corrected chi connectivity index (χ4v) is 2.71. The van der Waals surface area contributed by atoms with E-state index in [4.69, 9.17) is 0 Å². The summed E-state index contributed by atoms with van der Waals surface area (Å²) < 4.78 is 37.6. The first-order valence-electron chi connectivity index (χ1n) is 7.06. The number of likely N-dealkylation sites (tertiary alicyclic amines) is 1. The Kier molecular flexibility index (Phi) is 4.83. The van der Waals surface area contributed by atoms with Crippen LogP contribution < -0.4 is 0 Å². The number of halogens is 3. The van der Waals surface area contributed by atoms with Gasteiger partial charge in [-0.25, -0.2) is 9.97 Å². The molecule has 7 heteroatoms. The van der Waals surface area contributed by atoms with E-state index in [0.29, 0.717) is 18.3 Å². The molecule has 0 radical (unpaired) electrons. The van der Waals surface area contributed by atoms with Crippen LogP contribution in [0.1, 0.15) is 29.9 Å². The lowest BCUT2D eigenvalue weighted by molar-refractivity contribution is -0.145. The van der Waals surface area contributed by atoms with Gasteiger partial charge in [0.25, 0.3) is 0 Å². The van der Waals surface area contributed by atoms with Crippen molar-refractivity contribution in [2.24, 2.45) is 0 Å². The van der Waals surface area contributed by atoms with E-state index < -0.39 is 12.0 Å². The zero-order chi connectivity index (χ0) is 15.6. The first-order valence-corrected chi connectivity index (χ1v) is 7.06. The maximum absolute atomic E-state index is 12.5. The minimum absolute atomic E-state index is 0.393. The molecule has 1 aromatic rings. The summed E-state index contributed by atoms with van der Waals surface area (Å²) in [4.78, 5) is 11.5. The molecule has 21 heavy (non-hydrogen) atoms. The Morgan fingerprint density at radius 1 is 1.43 bits per heavy atom. The van der Waals surface area contributed by atoms with E-state index in [1.54, 1.807) is 6.92 Å². The number of hydrogen-bond acceptors (Lipinski definition) is 4. The Hall–Kier alpha value is -1.21. The number of aryl methyl sites for hydroxylation is 1. The van der Waals surface area contributed by atoms with Gasteiger partial charge >= 0.3 is 6.18 Å². The Labute approximate surface area is 123 Å². The average Bonchev–Trinajstić information content (AvgIpc) is 2.76. The molecule has 0 spiro atoms. The van der Waals surface area contributed by atoms with E-state index in [9.17, 15) is 13.2 Å². The third-order valence-electron chi connectivity index (χ3n) is 3.97. The van der Waals surface area contributed by atoms with Crippen LogP contribution in [0.25, 0.3) is 0 Å². The van der Waals surface area contributed by atoms with Crippen LogP contribution in [0.15, 0.2) is 6.20 Å². The van der Waals surface area contributed by atoms with Crippen molar-refractivity contribution in [1.82, 2.24) is 19.8 Å². The van der Waals surface area contributed by atoms with Crippen LogP contribution in [0.3, 0.4) is 0 Å². The molecule has 0 N–H and O–H groups in total. The van der Waals surface area contributed by atoms with Crippen molar-refractivity contribution in [2.75, 3.05) is 27.2 Å². The Balaban J connectivity index is 1.99. The lowest BCUT2D eigenvalue weighted by atomic mass is 10.2. The molecule has 1 aliphatic rings. The van der Waals surface area contributed by atoms with Crippen LogP contribution in [-0.4, -0.2) is 53.0 Å². The van der Waals surface area contributed by atoms with Gasteiger partial charge in [0.05, 0.1) is 0 Å². The molecule has 0 saturated carbocycles. The summed E-state index contributed by atoms with van der Waals surface area (Å²) in [6, 6.07) is 0.519. The fourth-order valence-electron chi connectivity index (χ4n) is 2.71. The largest absolute Gasteiger partial charge is 0.451 e. The molecule has 4 nitrogen and oxygen atoms in total. The third kappa shape index (κ3) is 4.14. The second-order valence-corrected chi connectivity index (χ2v) is 5.78. The highest BCUT2D eigenvalue weighted by atomic mass is 19.4. The zero-order valence-corrected chi connectivity index (χ0v) is 12.6. The Bertz CT molecular complexity index is 490. The van der Waals surface area contributed by atoms with Crippen molar-refractivity contribution < 1.29 is 13.2 Å². The average molecular weight is 302 g/mol. The van der Waals surface area contributed by atoms with Crippen molar-refractivity contribution in [2.45, 2.75) is 38.5 Å². The highest BCUT2D eigenvalue weighted by Gasteiger charge is 2.34. The van der Waals surface area contributed by atoms with Crippen molar-refractivity contribution >= 4 is 0 Å². The standard InChI is InChI=1S/C14H21F3N4/c1-10-11(7-18-13(19-10)14(15,16)17)8-20(2)9-12-5-4-6-21(12)3/h7,12H,4-6,8-9H2,1-3H3/t12-/m1/s1. The minimum atomic E-state index is -4.48. The molecular weight excluding hydrogens is 281 g/mol. The number of rotatable bonds is 4. The van der Waals surface area contributed by atoms with Gasteiger partial charge in [0, 0.05) is 36.6 Å². The van der Waals surface area contributed by atoms with Gasteiger partial charge in [-0.15, -0.1) is 0 Å². The van der Waals surface area contributed by atoms with E-state index in [0.717, 1.165) is 18.7 Å². The first-order chi connectivity index (χ1) is 9.77. The molecule has 1 aliphatic heterocycles. The zero-order valence-electron chi connectivity index (χ0n) is 12.6. The van der Waals surface area contributed by atoms with Crippen LogP contribution in [0.4, 0.5) is 13.2 Å². The van der Waals surface area contributed by atoms with Crippen LogP contribution in [0.2, 0.25) is 0 Å². The highest BCUT2D eigenvalue weighted by molar-refractivity contribution is 5.16. The molecule has 0 unspecified atom stereocenters. The molecule has 1 aromatic heterocycles. The lowest BCUT2D eigenvalue weighted by Crippen LogP contribution is -2.36. The maximum atomic E-state index is 12.5. The quantitative estimate of drug-likeness (QED) is 0.854. The number of hydrogen-bond donors (Lipinski definition) is 0. The SMILES string of the molecule is Cc1nc(C(F)(F)F)ncc1CN(C)C[C@H]1CCCN1C. The maximum Gasteiger partial charge on any atom is 0.451 e. The molecule has 118 valence electrons. The summed E-state index contributed by atoms with van der Waals surface area (Å²) in [7, 11) is 4.08. The van der Waals surface area contributed by atoms with Gasteiger partial charge in [-0.1, -0.05) is 0 Å². The van der Waals surface area contributed by atoms with Gasteiger partial charge in [-0.05, 0) is 40.4 Å². The third-order valence-corrected chi connectivity index (χ3v) is 3.97. The van der Waals surface area contributed by atoms with Crippen molar-refractivity contribution in [1.29, 1.82) is 0 Å². The van der Waals surface area contributed by atoms with E-state index in [2.05, 4.69) is 26.8 Å². The summed E-state index contributed by atoms with van der Waals surface area (Å²) in [5.41, 5.74) is 1.13. The summed E-state index contributed by atoms with van der Waals surface area (Å²) in [6.45, 7) is 4.17. The van der Waals surface area contributed by atoms with Crippen molar-refractivity contribution in [3.63, 3.8) is 0 Å². The van der Waals surface area contributed by atoms with Gasteiger partial charge in [0.15, 0.2) is 0 Å². The molecule has 1 fully saturated rings. The molecule has 0 amide bonds. The van der Waals surface area contributed by atoms with Crippen LogP contribution in [0.5, 0.6) is 0 Å². The minimum Gasteiger partial charge on any atom is -0.302 e. The first kappa shape index (κ1) is 16.2. The van der Waals surface area contributed by atoms with Crippen molar-refractivity contribution in [3.05, 3.63) is 23.3 Å². The molecular formula is C14H21F3N4. The summed E-state index contributed by atoms with van der Waals surface area (Å²) in [5, 5.41) is 0. The molecule has 0 aliphatic carbocycles. The summed E-state index contributed by atoms with van der Waals surface area (Å²) in [5.74, 6) is -1.07. The number of nitrogens with zero attached hydrogens (tertiary/aromatic N) is 4. The summed E-state index contributed by atoms with van der Waals surface area (Å²) in [6.07, 6.45) is -0.817. The normalized spacial score (nSPS) is 20.4. The second-order valence-electron chi connectivity index (χ2n) is 5.78. The molecule has 0 aromatic carbocycles. The predicted octanol–water partition coefficient (Wildman–Crippen LogP) is 2.33. The predicted molar refractivity (Wildman–Crippen MR) is 73.8 cm³/mol.